The van der Waals surface area contributed by atoms with E-state index in [0.29, 0.717) is 12.2 Å². The molecule has 0 saturated heterocycles. The molecule has 19 heavy (non-hydrogen) atoms. The highest BCUT2D eigenvalue weighted by molar-refractivity contribution is 9.09. The molecule has 1 aliphatic heterocycles. The van der Waals surface area contributed by atoms with Crippen molar-refractivity contribution in [2.75, 3.05) is 0 Å². The predicted molar refractivity (Wildman–Crippen MR) is 67.5 cm³/mol. The Balaban J connectivity index is 2.30. The van der Waals surface area contributed by atoms with Gasteiger partial charge in [0.1, 0.15) is 16.2 Å². The summed E-state index contributed by atoms with van der Waals surface area (Å²) in [6, 6.07) is 4.44. The zero-order valence-electron chi connectivity index (χ0n) is 10.4. The van der Waals surface area contributed by atoms with Gasteiger partial charge >= 0.3 is 12.3 Å². The number of alkyl halides is 5. The van der Waals surface area contributed by atoms with Crippen molar-refractivity contribution in [1.29, 1.82) is 0 Å². The summed E-state index contributed by atoms with van der Waals surface area (Å²) in [5.41, 5.74) is 0.496. The van der Waals surface area contributed by atoms with E-state index in [2.05, 4.69) is 15.9 Å². The summed E-state index contributed by atoms with van der Waals surface area (Å²) in [4.78, 5) is -1.71. The Hall–Kier alpha value is -0.780. The predicted octanol–water partition coefficient (Wildman–Crippen LogP) is 4.74. The van der Waals surface area contributed by atoms with Crippen molar-refractivity contribution in [1.82, 2.24) is 0 Å². The molecule has 1 aliphatic rings. The molecule has 0 amide bonds. The molecular weight excluding hydrogens is 328 g/mol. The molecule has 0 fully saturated rings. The van der Waals surface area contributed by atoms with E-state index in [-0.39, 0.29) is 5.56 Å². The molecule has 0 spiro atoms. The molecule has 0 bridgehead atoms. The van der Waals surface area contributed by atoms with Crippen LogP contribution >= 0.6 is 15.9 Å². The molecule has 2 rings (SSSR count). The second-order valence-electron chi connectivity index (χ2n) is 5.24. The Morgan fingerprint density at radius 3 is 2.53 bits per heavy atom. The first kappa shape index (κ1) is 14.6. The fourth-order valence-corrected chi connectivity index (χ4v) is 2.60. The maximum Gasteiger partial charge on any atom is 0.323 e. The molecule has 0 aliphatic carbocycles. The molecule has 1 aromatic carbocycles. The van der Waals surface area contributed by atoms with Gasteiger partial charge in [0.2, 0.25) is 0 Å². The Morgan fingerprint density at radius 1 is 1.32 bits per heavy atom. The van der Waals surface area contributed by atoms with Crippen LogP contribution in [0.15, 0.2) is 18.2 Å². The summed E-state index contributed by atoms with van der Waals surface area (Å²) in [5.74, 6) is -3.49. The summed E-state index contributed by atoms with van der Waals surface area (Å²) in [6.45, 7) is 3.76. The molecule has 106 valence electrons. The number of ether oxygens (including phenoxy) is 1. The van der Waals surface area contributed by atoms with Gasteiger partial charge in [-0.3, -0.25) is 0 Å². The Morgan fingerprint density at radius 2 is 1.95 bits per heavy atom. The summed E-state index contributed by atoms with van der Waals surface area (Å²) in [5, 5.41) is 0. The van der Waals surface area contributed by atoms with Crippen LogP contribution in [-0.2, 0) is 6.42 Å². The van der Waals surface area contributed by atoms with Crippen molar-refractivity contribution in [2.24, 2.45) is 0 Å². The van der Waals surface area contributed by atoms with Gasteiger partial charge in [0.05, 0.1) is 0 Å². The van der Waals surface area contributed by atoms with Crippen LogP contribution in [-0.4, -0.2) is 17.9 Å². The average Bonchev–Trinajstić information content (AvgIpc) is 2.60. The first-order valence-corrected chi connectivity index (χ1v) is 6.67. The maximum atomic E-state index is 13.3. The van der Waals surface area contributed by atoms with Gasteiger partial charge in [-0.1, -0.05) is 28.1 Å². The lowest BCUT2D eigenvalue weighted by molar-refractivity contribution is -0.127. The van der Waals surface area contributed by atoms with Gasteiger partial charge in [0.15, 0.2) is 0 Å². The van der Waals surface area contributed by atoms with Crippen molar-refractivity contribution in [3.8, 4) is 5.75 Å². The highest BCUT2D eigenvalue weighted by atomic mass is 79.9. The van der Waals surface area contributed by atoms with E-state index >= 15 is 0 Å². The SMILES string of the molecule is CC1(C)Cc2cc(C(Br)C(F)(F)C(F)F)ccc2O1. The topological polar surface area (TPSA) is 9.23 Å². The lowest BCUT2D eigenvalue weighted by Crippen LogP contribution is -2.31. The normalized spacial score (nSPS) is 19.2. The minimum Gasteiger partial charge on any atom is -0.487 e. The van der Waals surface area contributed by atoms with Crippen molar-refractivity contribution >= 4 is 15.9 Å². The highest BCUT2D eigenvalue weighted by Gasteiger charge is 2.48. The number of hydrogen-bond donors (Lipinski definition) is 0. The van der Waals surface area contributed by atoms with E-state index in [4.69, 9.17) is 4.74 Å². The summed E-state index contributed by atoms with van der Waals surface area (Å²) < 4.78 is 56.9. The van der Waals surface area contributed by atoms with Gasteiger partial charge in [0.25, 0.3) is 0 Å². The Bertz CT molecular complexity index is 488. The number of rotatable bonds is 3. The van der Waals surface area contributed by atoms with Gasteiger partial charge in [-0.2, -0.15) is 8.78 Å². The number of fused-ring (bicyclic) bond motifs is 1. The zero-order valence-corrected chi connectivity index (χ0v) is 12.0. The third-order valence-corrected chi connectivity index (χ3v) is 4.15. The van der Waals surface area contributed by atoms with Crippen molar-refractivity contribution < 1.29 is 22.3 Å². The minimum absolute atomic E-state index is 0.130. The van der Waals surface area contributed by atoms with Crippen LogP contribution in [0.2, 0.25) is 0 Å². The quantitative estimate of drug-likeness (QED) is 0.570. The number of halogens is 5. The summed E-state index contributed by atoms with van der Waals surface area (Å²) >= 11 is 2.67. The zero-order chi connectivity index (χ0) is 14.4. The molecule has 1 heterocycles. The third-order valence-electron chi connectivity index (χ3n) is 3.01. The summed E-state index contributed by atoms with van der Waals surface area (Å²) in [7, 11) is 0. The van der Waals surface area contributed by atoms with Crippen LogP contribution in [0.4, 0.5) is 17.6 Å². The molecule has 1 unspecified atom stereocenters. The molecule has 6 heteroatoms. The van der Waals surface area contributed by atoms with E-state index in [9.17, 15) is 17.6 Å². The minimum atomic E-state index is -4.11. The van der Waals surface area contributed by atoms with Gasteiger partial charge < -0.3 is 4.74 Å². The van der Waals surface area contributed by atoms with Crippen molar-refractivity contribution in [2.45, 2.75) is 43.0 Å². The number of hydrogen-bond acceptors (Lipinski definition) is 1. The Kier molecular flexibility index (Phi) is 3.58. The van der Waals surface area contributed by atoms with Crippen LogP contribution < -0.4 is 4.74 Å². The van der Waals surface area contributed by atoms with Crippen LogP contribution in [0.5, 0.6) is 5.75 Å². The lowest BCUT2D eigenvalue weighted by atomic mass is 9.98. The van der Waals surface area contributed by atoms with Gasteiger partial charge in [-0.15, -0.1) is 0 Å². The van der Waals surface area contributed by atoms with Crippen molar-refractivity contribution in [3.05, 3.63) is 29.3 Å². The smallest absolute Gasteiger partial charge is 0.323 e. The standard InChI is InChI=1S/C13H13BrF4O/c1-12(2)6-8-5-7(3-4-9(8)19-12)10(14)13(17,18)11(15)16/h3-5,10-11H,6H2,1-2H3. The monoisotopic (exact) mass is 340 g/mol. The van der Waals surface area contributed by atoms with Crippen LogP contribution in [0.25, 0.3) is 0 Å². The fourth-order valence-electron chi connectivity index (χ4n) is 2.12. The Labute approximate surface area is 117 Å². The largest absolute Gasteiger partial charge is 0.487 e. The van der Waals surface area contributed by atoms with Crippen molar-refractivity contribution in [3.63, 3.8) is 0 Å². The molecule has 0 radical (unpaired) electrons. The molecule has 0 aromatic heterocycles. The molecule has 1 aromatic rings. The molecule has 1 nitrogen and oxygen atoms in total. The van der Waals surface area contributed by atoms with E-state index in [1.807, 2.05) is 13.8 Å². The van der Waals surface area contributed by atoms with Gasteiger partial charge in [-0.25, -0.2) is 8.78 Å². The molecule has 1 atom stereocenters. The first-order valence-electron chi connectivity index (χ1n) is 5.75. The van der Waals surface area contributed by atoms with Crippen LogP contribution in [0.1, 0.15) is 29.8 Å². The highest BCUT2D eigenvalue weighted by Crippen LogP contribution is 2.45. The number of benzene rings is 1. The maximum absolute atomic E-state index is 13.3. The van der Waals surface area contributed by atoms with Crippen LogP contribution in [0.3, 0.4) is 0 Å². The molecule has 0 N–H and O–H groups in total. The van der Waals surface area contributed by atoms with Crippen LogP contribution in [0, 0.1) is 0 Å². The van der Waals surface area contributed by atoms with E-state index in [1.54, 1.807) is 6.07 Å². The van der Waals surface area contributed by atoms with E-state index in [1.165, 1.54) is 12.1 Å². The second kappa shape index (κ2) is 4.65. The molecular formula is C13H13BrF4O. The van der Waals surface area contributed by atoms with Gasteiger partial charge in [-0.05, 0) is 31.0 Å². The van der Waals surface area contributed by atoms with Gasteiger partial charge in [0, 0.05) is 6.42 Å². The fraction of sp³-hybridized carbons (Fsp3) is 0.538. The summed E-state index contributed by atoms with van der Waals surface area (Å²) in [6.07, 6.45) is -3.14. The van der Waals surface area contributed by atoms with E-state index < -0.39 is 22.8 Å². The lowest BCUT2D eigenvalue weighted by Gasteiger charge is -2.21. The average molecular weight is 341 g/mol. The van der Waals surface area contributed by atoms with E-state index in [0.717, 1.165) is 5.56 Å². The third kappa shape index (κ3) is 2.73. The first-order chi connectivity index (χ1) is 8.63. The molecule has 0 saturated carbocycles. The second-order valence-corrected chi connectivity index (χ2v) is 6.16.